The largest absolute Gasteiger partial charge is 0.337 e. The molecule has 1 unspecified atom stereocenters. The second-order valence-corrected chi connectivity index (χ2v) is 9.42. The molecule has 1 N–H and O–H groups in total. The van der Waals surface area contributed by atoms with Gasteiger partial charge < -0.3 is 15.1 Å². The summed E-state index contributed by atoms with van der Waals surface area (Å²) in [6, 6.07) is 18.7. The summed E-state index contributed by atoms with van der Waals surface area (Å²) in [7, 11) is 0. The highest BCUT2D eigenvalue weighted by atomic mass is 32.1. The summed E-state index contributed by atoms with van der Waals surface area (Å²) >= 11 is 1.42. The first kappa shape index (κ1) is 21.4. The van der Waals surface area contributed by atoms with Crippen molar-refractivity contribution >= 4 is 40.4 Å². The molecule has 3 amide bonds. The number of nitrogens with zero attached hydrogens (tertiary/aromatic N) is 2. The Bertz CT molecular complexity index is 1170. The van der Waals surface area contributed by atoms with Gasteiger partial charge in [0.1, 0.15) is 0 Å². The number of amides is 3. The van der Waals surface area contributed by atoms with Gasteiger partial charge in [-0.2, -0.15) is 0 Å². The highest BCUT2D eigenvalue weighted by Crippen LogP contribution is 2.29. The van der Waals surface area contributed by atoms with Crippen LogP contribution in [0.25, 0.3) is 0 Å². The molecule has 0 spiro atoms. The van der Waals surface area contributed by atoms with Crippen LogP contribution in [0.1, 0.15) is 38.4 Å². The van der Waals surface area contributed by atoms with Gasteiger partial charge in [-0.3, -0.25) is 14.4 Å². The number of carbonyl (C=O) groups is 3. The minimum atomic E-state index is -0.245. The zero-order valence-corrected chi connectivity index (χ0v) is 19.0. The van der Waals surface area contributed by atoms with E-state index in [2.05, 4.69) is 11.4 Å². The Morgan fingerprint density at radius 1 is 0.909 bits per heavy atom. The number of likely N-dealkylation sites (tertiary alicyclic amines) is 1. The van der Waals surface area contributed by atoms with Gasteiger partial charge >= 0.3 is 0 Å². The summed E-state index contributed by atoms with van der Waals surface area (Å²) in [5, 5.41) is 4.85. The van der Waals surface area contributed by atoms with E-state index < -0.39 is 0 Å². The van der Waals surface area contributed by atoms with Crippen molar-refractivity contribution < 1.29 is 14.4 Å². The predicted octanol–water partition coefficient (Wildman–Crippen LogP) is 4.44. The number of benzene rings is 2. The highest BCUT2D eigenvalue weighted by Gasteiger charge is 2.29. The van der Waals surface area contributed by atoms with Crippen molar-refractivity contribution in [2.24, 2.45) is 5.92 Å². The van der Waals surface area contributed by atoms with Crippen LogP contribution in [-0.4, -0.2) is 42.3 Å². The monoisotopic (exact) mass is 459 g/mol. The van der Waals surface area contributed by atoms with Crippen molar-refractivity contribution in [2.75, 3.05) is 29.9 Å². The Morgan fingerprint density at radius 2 is 1.73 bits per heavy atom. The van der Waals surface area contributed by atoms with Gasteiger partial charge in [-0.25, -0.2) is 0 Å². The van der Waals surface area contributed by atoms with Crippen LogP contribution in [0.5, 0.6) is 0 Å². The molecule has 7 heteroatoms. The Labute approximate surface area is 196 Å². The number of carbonyl (C=O) groups excluding carboxylic acids is 3. The van der Waals surface area contributed by atoms with Gasteiger partial charge in [0.05, 0.1) is 10.8 Å². The predicted molar refractivity (Wildman–Crippen MR) is 130 cm³/mol. The lowest BCUT2D eigenvalue weighted by atomic mass is 9.96. The van der Waals surface area contributed by atoms with Crippen molar-refractivity contribution in [1.29, 1.82) is 0 Å². The summed E-state index contributed by atoms with van der Waals surface area (Å²) in [6.45, 7) is 1.78. The summed E-state index contributed by atoms with van der Waals surface area (Å²) in [6.07, 6.45) is 2.42. The quantitative estimate of drug-likeness (QED) is 0.627. The number of fused-ring (bicyclic) bond motifs is 1. The summed E-state index contributed by atoms with van der Waals surface area (Å²) in [5.74, 6) is -0.377. The van der Waals surface area contributed by atoms with Crippen LogP contribution in [-0.2, 0) is 11.2 Å². The number of rotatable bonds is 4. The molecule has 2 aliphatic heterocycles. The molecule has 168 valence electrons. The maximum absolute atomic E-state index is 13.0. The van der Waals surface area contributed by atoms with Crippen molar-refractivity contribution in [2.45, 2.75) is 19.3 Å². The molecule has 3 aromatic rings. The van der Waals surface area contributed by atoms with Crippen molar-refractivity contribution in [3.05, 3.63) is 82.0 Å². The van der Waals surface area contributed by atoms with E-state index in [9.17, 15) is 14.4 Å². The van der Waals surface area contributed by atoms with Crippen molar-refractivity contribution in [1.82, 2.24) is 4.90 Å². The zero-order valence-electron chi connectivity index (χ0n) is 18.2. The fraction of sp³-hybridized carbons (Fsp3) is 0.269. The highest BCUT2D eigenvalue weighted by molar-refractivity contribution is 7.12. The third-order valence-electron chi connectivity index (χ3n) is 6.34. The SMILES string of the molecule is O=C(Nc1ccc(C(=O)N2CCc3ccccc32)cc1)C1CCCN(C(=O)c2cccs2)C1. The topological polar surface area (TPSA) is 69.7 Å². The van der Waals surface area contributed by atoms with E-state index in [-0.39, 0.29) is 23.6 Å². The molecule has 0 radical (unpaired) electrons. The molecular formula is C26H25N3O3S. The van der Waals surface area contributed by atoms with Gasteiger partial charge in [-0.15, -0.1) is 11.3 Å². The van der Waals surface area contributed by atoms with E-state index in [1.165, 1.54) is 16.9 Å². The molecular weight excluding hydrogens is 434 g/mol. The molecule has 3 heterocycles. The lowest BCUT2D eigenvalue weighted by Gasteiger charge is -2.31. The van der Waals surface area contributed by atoms with Crippen molar-refractivity contribution in [3.8, 4) is 0 Å². The minimum absolute atomic E-state index is 0.00569. The van der Waals surface area contributed by atoms with Crippen LogP contribution >= 0.6 is 11.3 Å². The average molecular weight is 460 g/mol. The van der Waals surface area contributed by atoms with Gasteiger partial charge in [-0.05, 0) is 66.6 Å². The molecule has 6 nitrogen and oxygen atoms in total. The average Bonchev–Trinajstić information content (AvgIpc) is 3.54. The lowest BCUT2D eigenvalue weighted by Crippen LogP contribution is -2.43. The molecule has 5 rings (SSSR count). The Balaban J connectivity index is 1.21. The third kappa shape index (κ3) is 4.41. The Morgan fingerprint density at radius 3 is 2.52 bits per heavy atom. The minimum Gasteiger partial charge on any atom is -0.337 e. The number of nitrogens with one attached hydrogen (secondary N) is 1. The fourth-order valence-electron chi connectivity index (χ4n) is 4.58. The zero-order chi connectivity index (χ0) is 22.8. The molecule has 1 atom stereocenters. The lowest BCUT2D eigenvalue weighted by molar-refractivity contribution is -0.121. The molecule has 0 bridgehead atoms. The van der Waals surface area contributed by atoms with E-state index in [4.69, 9.17) is 0 Å². The van der Waals surface area contributed by atoms with Gasteiger partial charge in [0.25, 0.3) is 11.8 Å². The van der Waals surface area contributed by atoms with E-state index >= 15 is 0 Å². The van der Waals surface area contributed by atoms with Crippen LogP contribution in [0.3, 0.4) is 0 Å². The van der Waals surface area contributed by atoms with Gasteiger partial charge in [-0.1, -0.05) is 24.3 Å². The van der Waals surface area contributed by atoms with Crippen LogP contribution in [0.2, 0.25) is 0 Å². The third-order valence-corrected chi connectivity index (χ3v) is 7.20. The molecule has 2 aliphatic rings. The number of piperidine rings is 1. The molecule has 0 aliphatic carbocycles. The van der Waals surface area contributed by atoms with Gasteiger partial charge in [0, 0.05) is 36.6 Å². The number of thiophene rings is 1. The van der Waals surface area contributed by atoms with Crippen LogP contribution in [0.15, 0.2) is 66.0 Å². The first-order valence-electron chi connectivity index (χ1n) is 11.2. The first-order valence-corrected chi connectivity index (χ1v) is 12.1. The molecule has 33 heavy (non-hydrogen) atoms. The summed E-state index contributed by atoms with van der Waals surface area (Å²) in [5.41, 5.74) is 3.41. The van der Waals surface area contributed by atoms with Crippen LogP contribution < -0.4 is 10.2 Å². The second-order valence-electron chi connectivity index (χ2n) is 8.47. The number of hydrogen-bond acceptors (Lipinski definition) is 4. The molecule has 1 fully saturated rings. The second kappa shape index (κ2) is 9.19. The van der Waals surface area contributed by atoms with E-state index in [1.807, 2.05) is 40.6 Å². The first-order chi connectivity index (χ1) is 16.1. The van der Waals surface area contributed by atoms with Gasteiger partial charge in [0.15, 0.2) is 0 Å². The molecule has 2 aromatic carbocycles. The normalized spacial score (nSPS) is 17.5. The smallest absolute Gasteiger partial charge is 0.263 e. The number of para-hydroxylation sites is 1. The fourth-order valence-corrected chi connectivity index (χ4v) is 5.27. The molecule has 0 saturated carbocycles. The Kier molecular flexibility index (Phi) is 5.96. The van der Waals surface area contributed by atoms with Crippen molar-refractivity contribution in [3.63, 3.8) is 0 Å². The molecule has 1 saturated heterocycles. The van der Waals surface area contributed by atoms with Crippen LogP contribution in [0.4, 0.5) is 11.4 Å². The number of hydrogen-bond donors (Lipinski definition) is 1. The standard InChI is InChI=1S/C26H25N3O3S/c30-24(20-6-3-14-28(17-20)26(32)23-8-4-16-33-23)27-21-11-9-19(10-12-21)25(31)29-15-13-18-5-1-2-7-22(18)29/h1-2,4-5,7-12,16,20H,3,6,13-15,17H2,(H,27,30). The summed E-state index contributed by atoms with van der Waals surface area (Å²) < 4.78 is 0. The van der Waals surface area contributed by atoms with E-state index in [1.54, 1.807) is 29.2 Å². The van der Waals surface area contributed by atoms with Crippen LogP contribution in [0, 0.1) is 5.92 Å². The molecule has 1 aromatic heterocycles. The van der Waals surface area contributed by atoms with Gasteiger partial charge in [0.2, 0.25) is 5.91 Å². The maximum Gasteiger partial charge on any atom is 0.263 e. The Hall–Kier alpha value is -3.45. The number of anilines is 2. The van der Waals surface area contributed by atoms with E-state index in [0.29, 0.717) is 35.8 Å². The summed E-state index contributed by atoms with van der Waals surface area (Å²) in [4.78, 5) is 42.8. The van der Waals surface area contributed by atoms with E-state index in [0.717, 1.165) is 24.9 Å². The maximum atomic E-state index is 13.0.